The Labute approximate surface area is 148 Å². The molecule has 3 rings (SSSR count). The zero-order chi connectivity index (χ0) is 18.1. The molecule has 0 radical (unpaired) electrons. The number of carbonyl (C=O) groups excluding carboxylic acids is 1. The molecule has 0 N–H and O–H groups in total. The lowest BCUT2D eigenvalue weighted by Crippen LogP contribution is -2.55. The number of anilines is 1. The molecule has 1 unspecified atom stereocenters. The van der Waals surface area contributed by atoms with Crippen molar-refractivity contribution in [3.8, 4) is 0 Å². The molecule has 2 aromatic carbocycles. The minimum Gasteiger partial charge on any atom is -0.310 e. The van der Waals surface area contributed by atoms with Crippen LogP contribution in [0.4, 0.5) is 18.9 Å². The Kier molecular flexibility index (Phi) is 5.01. The number of piperazine rings is 1. The van der Waals surface area contributed by atoms with E-state index in [0.717, 1.165) is 6.07 Å². The number of amides is 1. The van der Waals surface area contributed by atoms with Crippen molar-refractivity contribution >= 4 is 23.2 Å². The molecule has 1 aliphatic heterocycles. The Morgan fingerprint density at radius 2 is 1.84 bits per heavy atom. The molecule has 1 fully saturated rings. The van der Waals surface area contributed by atoms with E-state index >= 15 is 0 Å². The SMILES string of the molecule is CC1C(=O)N(c2ccc(F)c(Cl)c2)CCN1Cc1ccc(F)cc1F. The van der Waals surface area contributed by atoms with Crippen LogP contribution in [0.2, 0.25) is 5.02 Å². The Bertz CT molecular complexity index is 815. The number of benzene rings is 2. The van der Waals surface area contributed by atoms with E-state index < -0.39 is 23.5 Å². The first-order chi connectivity index (χ1) is 11.9. The number of halogens is 4. The molecule has 2 aromatic rings. The van der Waals surface area contributed by atoms with Crippen LogP contribution in [-0.2, 0) is 11.3 Å². The summed E-state index contributed by atoms with van der Waals surface area (Å²) in [6.07, 6.45) is 0. The second-order valence-electron chi connectivity index (χ2n) is 5.97. The van der Waals surface area contributed by atoms with Gasteiger partial charge in [0.05, 0.1) is 11.1 Å². The monoisotopic (exact) mass is 368 g/mol. The van der Waals surface area contributed by atoms with E-state index in [1.54, 1.807) is 6.92 Å². The first kappa shape index (κ1) is 17.8. The molecule has 0 spiro atoms. The van der Waals surface area contributed by atoms with Crippen molar-refractivity contribution in [2.75, 3.05) is 18.0 Å². The summed E-state index contributed by atoms with van der Waals surface area (Å²) in [5.74, 6) is -2.00. The smallest absolute Gasteiger partial charge is 0.244 e. The van der Waals surface area contributed by atoms with Crippen LogP contribution in [-0.4, -0.2) is 29.9 Å². The Morgan fingerprint density at radius 3 is 2.52 bits per heavy atom. The lowest BCUT2D eigenvalue weighted by Gasteiger charge is -2.39. The van der Waals surface area contributed by atoms with Crippen LogP contribution in [0.15, 0.2) is 36.4 Å². The molecule has 7 heteroatoms. The number of carbonyl (C=O) groups is 1. The Hall–Kier alpha value is -2.05. The predicted octanol–water partition coefficient (Wildman–Crippen LogP) is 3.99. The molecular weight excluding hydrogens is 353 g/mol. The van der Waals surface area contributed by atoms with Gasteiger partial charge in [0.25, 0.3) is 0 Å². The number of nitrogens with zero attached hydrogens (tertiary/aromatic N) is 2. The van der Waals surface area contributed by atoms with E-state index in [4.69, 9.17) is 11.6 Å². The number of hydrogen-bond donors (Lipinski definition) is 0. The van der Waals surface area contributed by atoms with E-state index in [9.17, 15) is 18.0 Å². The maximum atomic E-state index is 13.8. The van der Waals surface area contributed by atoms with Gasteiger partial charge in [0.1, 0.15) is 17.5 Å². The third kappa shape index (κ3) is 3.65. The van der Waals surface area contributed by atoms with Crippen molar-refractivity contribution in [1.29, 1.82) is 0 Å². The first-order valence-corrected chi connectivity index (χ1v) is 8.19. The Balaban J connectivity index is 1.75. The minimum atomic E-state index is -0.636. The van der Waals surface area contributed by atoms with Gasteiger partial charge in [-0.05, 0) is 31.2 Å². The molecule has 1 aliphatic rings. The molecule has 0 aromatic heterocycles. The van der Waals surface area contributed by atoms with Gasteiger partial charge in [-0.1, -0.05) is 17.7 Å². The number of hydrogen-bond acceptors (Lipinski definition) is 2. The Morgan fingerprint density at radius 1 is 1.08 bits per heavy atom. The van der Waals surface area contributed by atoms with Gasteiger partial charge in [0, 0.05) is 37.0 Å². The molecule has 3 nitrogen and oxygen atoms in total. The highest BCUT2D eigenvalue weighted by Gasteiger charge is 2.32. The van der Waals surface area contributed by atoms with Crippen LogP contribution in [0, 0.1) is 17.5 Å². The second-order valence-corrected chi connectivity index (χ2v) is 6.38. The van der Waals surface area contributed by atoms with Gasteiger partial charge in [-0.2, -0.15) is 0 Å². The van der Waals surface area contributed by atoms with Crippen molar-refractivity contribution in [1.82, 2.24) is 4.90 Å². The highest BCUT2D eigenvalue weighted by molar-refractivity contribution is 6.31. The van der Waals surface area contributed by atoms with Crippen molar-refractivity contribution in [2.45, 2.75) is 19.5 Å². The molecular formula is C18H16ClF3N2O. The average molecular weight is 369 g/mol. The van der Waals surface area contributed by atoms with E-state index in [1.807, 2.05) is 4.90 Å². The van der Waals surface area contributed by atoms with Gasteiger partial charge in [0.15, 0.2) is 0 Å². The summed E-state index contributed by atoms with van der Waals surface area (Å²) < 4.78 is 40.2. The summed E-state index contributed by atoms with van der Waals surface area (Å²) in [6.45, 7) is 2.80. The van der Waals surface area contributed by atoms with Crippen molar-refractivity contribution < 1.29 is 18.0 Å². The van der Waals surface area contributed by atoms with E-state index in [0.29, 0.717) is 24.3 Å². The third-order valence-electron chi connectivity index (χ3n) is 4.39. The van der Waals surface area contributed by atoms with Crippen LogP contribution in [0.5, 0.6) is 0 Å². The lowest BCUT2D eigenvalue weighted by atomic mass is 10.1. The van der Waals surface area contributed by atoms with E-state index in [2.05, 4.69) is 0 Å². The minimum absolute atomic E-state index is 0.0474. The molecule has 1 amide bonds. The normalized spacial score (nSPS) is 18.7. The summed E-state index contributed by atoms with van der Waals surface area (Å²) in [4.78, 5) is 16.0. The summed E-state index contributed by atoms with van der Waals surface area (Å²) in [5, 5.41) is -0.0474. The largest absolute Gasteiger partial charge is 0.310 e. The highest BCUT2D eigenvalue weighted by atomic mass is 35.5. The molecule has 0 saturated carbocycles. The third-order valence-corrected chi connectivity index (χ3v) is 4.68. The zero-order valence-electron chi connectivity index (χ0n) is 13.5. The molecule has 0 aliphatic carbocycles. The highest BCUT2D eigenvalue weighted by Crippen LogP contribution is 2.26. The fourth-order valence-corrected chi connectivity index (χ4v) is 3.08. The van der Waals surface area contributed by atoms with Crippen LogP contribution in [0.25, 0.3) is 0 Å². The first-order valence-electron chi connectivity index (χ1n) is 7.81. The van der Waals surface area contributed by atoms with Gasteiger partial charge in [-0.15, -0.1) is 0 Å². The van der Waals surface area contributed by atoms with Crippen molar-refractivity contribution in [3.63, 3.8) is 0 Å². The van der Waals surface area contributed by atoms with Crippen LogP contribution >= 0.6 is 11.6 Å². The molecule has 1 saturated heterocycles. The van der Waals surface area contributed by atoms with Gasteiger partial charge in [-0.25, -0.2) is 13.2 Å². The fraction of sp³-hybridized carbons (Fsp3) is 0.278. The lowest BCUT2D eigenvalue weighted by molar-refractivity contribution is -0.125. The van der Waals surface area contributed by atoms with Gasteiger partial charge < -0.3 is 4.90 Å². The molecule has 132 valence electrons. The van der Waals surface area contributed by atoms with E-state index in [1.165, 1.54) is 35.2 Å². The number of rotatable bonds is 3. The van der Waals surface area contributed by atoms with Crippen molar-refractivity contribution in [2.24, 2.45) is 0 Å². The van der Waals surface area contributed by atoms with Gasteiger partial charge >= 0.3 is 0 Å². The summed E-state index contributed by atoms with van der Waals surface area (Å²) >= 11 is 5.79. The second kappa shape index (κ2) is 7.06. The fourth-order valence-electron chi connectivity index (χ4n) is 2.91. The van der Waals surface area contributed by atoms with Crippen LogP contribution < -0.4 is 4.90 Å². The van der Waals surface area contributed by atoms with Gasteiger partial charge in [0.2, 0.25) is 5.91 Å². The molecule has 1 atom stereocenters. The predicted molar refractivity (Wildman–Crippen MR) is 90.0 cm³/mol. The van der Waals surface area contributed by atoms with Crippen molar-refractivity contribution in [3.05, 3.63) is 64.4 Å². The molecule has 25 heavy (non-hydrogen) atoms. The zero-order valence-corrected chi connectivity index (χ0v) is 14.2. The standard InChI is InChI=1S/C18H16ClF3N2O/c1-11-18(25)24(14-4-5-16(21)15(19)9-14)7-6-23(11)10-12-2-3-13(20)8-17(12)22/h2-5,8-9,11H,6-7,10H2,1H3. The van der Waals surface area contributed by atoms with Crippen LogP contribution in [0.3, 0.4) is 0 Å². The van der Waals surface area contributed by atoms with Gasteiger partial charge in [-0.3, -0.25) is 9.69 Å². The van der Waals surface area contributed by atoms with E-state index in [-0.39, 0.29) is 17.5 Å². The summed E-state index contributed by atoms with van der Waals surface area (Å²) in [7, 11) is 0. The maximum absolute atomic E-state index is 13.8. The summed E-state index contributed by atoms with van der Waals surface area (Å²) in [5.41, 5.74) is 0.857. The molecule has 1 heterocycles. The molecule has 0 bridgehead atoms. The average Bonchev–Trinajstić information content (AvgIpc) is 2.57. The topological polar surface area (TPSA) is 23.6 Å². The van der Waals surface area contributed by atoms with Crippen LogP contribution in [0.1, 0.15) is 12.5 Å². The maximum Gasteiger partial charge on any atom is 0.244 e. The summed E-state index contributed by atoms with van der Waals surface area (Å²) in [6, 6.07) is 7.05. The quantitative estimate of drug-likeness (QED) is 0.817.